The normalized spacial score (nSPS) is 12.8. The second kappa shape index (κ2) is 8.97. The Hall–Kier alpha value is -2.69. The maximum absolute atomic E-state index is 12.3. The first kappa shape index (κ1) is 18.6. The average molecular weight is 343 g/mol. The predicted octanol–water partition coefficient (Wildman–Crippen LogP) is 3.35. The Labute approximate surface area is 148 Å². The van der Waals surface area contributed by atoms with Gasteiger partial charge in [-0.15, -0.1) is 0 Å². The molecule has 0 spiro atoms. The highest BCUT2D eigenvalue weighted by Gasteiger charge is 2.17. The first-order valence-corrected chi connectivity index (χ1v) is 8.29. The first-order valence-electron chi connectivity index (χ1n) is 8.29. The standard InChI is InChI=1S/C20H25NO4/c1-14-7-5-6-8-19(14)25-16(3)20(22)21-15(2)13-24-18-11-9-17(23-4)10-12-18/h5-12,15-16H,13H2,1-4H3,(H,21,22)/t15-,16-/m1/s1. The Morgan fingerprint density at radius 2 is 1.68 bits per heavy atom. The molecule has 0 bridgehead atoms. The van der Waals surface area contributed by atoms with Crippen molar-refractivity contribution in [3.8, 4) is 17.2 Å². The smallest absolute Gasteiger partial charge is 0.261 e. The molecule has 0 unspecified atom stereocenters. The molecule has 134 valence electrons. The summed E-state index contributed by atoms with van der Waals surface area (Å²) in [4.78, 5) is 12.3. The highest BCUT2D eigenvalue weighted by molar-refractivity contribution is 5.81. The van der Waals surface area contributed by atoms with Crippen LogP contribution >= 0.6 is 0 Å². The second-order valence-electron chi connectivity index (χ2n) is 5.92. The number of carbonyl (C=O) groups excluding carboxylic acids is 1. The summed E-state index contributed by atoms with van der Waals surface area (Å²) in [5.41, 5.74) is 0.998. The van der Waals surface area contributed by atoms with Crippen LogP contribution in [0.2, 0.25) is 0 Å². The number of carbonyl (C=O) groups is 1. The van der Waals surface area contributed by atoms with Gasteiger partial charge < -0.3 is 19.5 Å². The summed E-state index contributed by atoms with van der Waals surface area (Å²) in [6.45, 7) is 5.95. The molecule has 2 atom stereocenters. The van der Waals surface area contributed by atoms with E-state index >= 15 is 0 Å². The number of rotatable bonds is 8. The minimum absolute atomic E-state index is 0.141. The molecule has 0 aliphatic heterocycles. The van der Waals surface area contributed by atoms with Crippen LogP contribution in [-0.4, -0.2) is 31.8 Å². The van der Waals surface area contributed by atoms with Gasteiger partial charge in [0.15, 0.2) is 6.10 Å². The van der Waals surface area contributed by atoms with Crippen molar-refractivity contribution in [3.05, 3.63) is 54.1 Å². The zero-order valence-corrected chi connectivity index (χ0v) is 15.1. The monoisotopic (exact) mass is 343 g/mol. The Balaban J connectivity index is 1.79. The minimum atomic E-state index is -0.579. The largest absolute Gasteiger partial charge is 0.497 e. The van der Waals surface area contributed by atoms with E-state index in [1.807, 2.05) is 62.4 Å². The number of para-hydroxylation sites is 1. The number of amides is 1. The molecule has 0 saturated carbocycles. The minimum Gasteiger partial charge on any atom is -0.497 e. The van der Waals surface area contributed by atoms with Crippen molar-refractivity contribution in [3.63, 3.8) is 0 Å². The van der Waals surface area contributed by atoms with Gasteiger partial charge in [0.2, 0.25) is 0 Å². The van der Waals surface area contributed by atoms with E-state index in [1.54, 1.807) is 14.0 Å². The highest BCUT2D eigenvalue weighted by atomic mass is 16.5. The molecular weight excluding hydrogens is 318 g/mol. The predicted molar refractivity (Wildman–Crippen MR) is 97.4 cm³/mol. The summed E-state index contributed by atoms with van der Waals surface area (Å²) in [6, 6.07) is 14.8. The Morgan fingerprint density at radius 1 is 1.04 bits per heavy atom. The van der Waals surface area contributed by atoms with Crippen molar-refractivity contribution in [2.45, 2.75) is 32.9 Å². The molecule has 1 N–H and O–H groups in total. The van der Waals surface area contributed by atoms with Crippen molar-refractivity contribution in [2.24, 2.45) is 0 Å². The third-order valence-corrected chi connectivity index (χ3v) is 3.71. The molecule has 5 nitrogen and oxygen atoms in total. The van der Waals surface area contributed by atoms with Crippen molar-refractivity contribution in [1.82, 2.24) is 5.32 Å². The van der Waals surface area contributed by atoms with Gasteiger partial charge in [-0.05, 0) is 56.7 Å². The Kier molecular flexibility index (Phi) is 6.69. The average Bonchev–Trinajstić information content (AvgIpc) is 2.62. The molecule has 0 fully saturated rings. The maximum atomic E-state index is 12.3. The molecule has 0 aliphatic carbocycles. The summed E-state index contributed by atoms with van der Waals surface area (Å²) in [5.74, 6) is 2.04. The third-order valence-electron chi connectivity index (χ3n) is 3.71. The van der Waals surface area contributed by atoms with Gasteiger partial charge in [0.1, 0.15) is 23.9 Å². The maximum Gasteiger partial charge on any atom is 0.261 e. The number of aryl methyl sites for hydroxylation is 1. The van der Waals surface area contributed by atoms with E-state index in [2.05, 4.69) is 5.32 Å². The van der Waals surface area contributed by atoms with Crippen LogP contribution in [0.4, 0.5) is 0 Å². The molecule has 25 heavy (non-hydrogen) atoms. The Morgan fingerprint density at radius 3 is 2.32 bits per heavy atom. The molecule has 0 saturated heterocycles. The van der Waals surface area contributed by atoms with Gasteiger partial charge in [0, 0.05) is 0 Å². The van der Waals surface area contributed by atoms with E-state index in [4.69, 9.17) is 14.2 Å². The van der Waals surface area contributed by atoms with Gasteiger partial charge in [-0.25, -0.2) is 0 Å². The zero-order chi connectivity index (χ0) is 18.2. The lowest BCUT2D eigenvalue weighted by molar-refractivity contribution is -0.128. The molecule has 1 amide bonds. The van der Waals surface area contributed by atoms with Gasteiger partial charge >= 0.3 is 0 Å². The van der Waals surface area contributed by atoms with Crippen molar-refractivity contribution in [1.29, 1.82) is 0 Å². The Bertz CT molecular complexity index is 684. The van der Waals surface area contributed by atoms with Crippen molar-refractivity contribution >= 4 is 5.91 Å². The first-order chi connectivity index (χ1) is 12.0. The van der Waals surface area contributed by atoms with Crippen LogP contribution in [0.25, 0.3) is 0 Å². The number of methoxy groups -OCH3 is 1. The van der Waals surface area contributed by atoms with Crippen LogP contribution in [0.3, 0.4) is 0 Å². The summed E-state index contributed by atoms with van der Waals surface area (Å²) < 4.78 is 16.5. The zero-order valence-electron chi connectivity index (χ0n) is 15.1. The van der Waals surface area contributed by atoms with Crippen LogP contribution in [-0.2, 0) is 4.79 Å². The van der Waals surface area contributed by atoms with Crippen molar-refractivity contribution in [2.75, 3.05) is 13.7 Å². The summed E-state index contributed by atoms with van der Waals surface area (Å²) in [7, 11) is 1.62. The van der Waals surface area contributed by atoms with Gasteiger partial charge in [0.05, 0.1) is 13.2 Å². The fourth-order valence-corrected chi connectivity index (χ4v) is 2.23. The number of nitrogens with one attached hydrogen (secondary N) is 1. The molecule has 5 heteroatoms. The summed E-state index contributed by atoms with van der Waals surface area (Å²) in [5, 5.41) is 2.90. The molecule has 0 aliphatic rings. The lowest BCUT2D eigenvalue weighted by atomic mass is 10.2. The quantitative estimate of drug-likeness (QED) is 0.798. The lowest BCUT2D eigenvalue weighted by Gasteiger charge is -2.20. The van der Waals surface area contributed by atoms with Crippen LogP contribution in [0, 0.1) is 6.92 Å². The van der Waals surface area contributed by atoms with E-state index in [0.717, 1.165) is 17.1 Å². The molecule has 2 aromatic rings. The van der Waals surface area contributed by atoms with Crippen LogP contribution in [0.15, 0.2) is 48.5 Å². The van der Waals surface area contributed by atoms with E-state index < -0.39 is 6.10 Å². The molecule has 2 rings (SSSR count). The van der Waals surface area contributed by atoms with Crippen molar-refractivity contribution < 1.29 is 19.0 Å². The second-order valence-corrected chi connectivity index (χ2v) is 5.92. The molecule has 0 aromatic heterocycles. The number of ether oxygens (including phenoxy) is 3. The molecule has 0 heterocycles. The van der Waals surface area contributed by atoms with Gasteiger partial charge in [-0.2, -0.15) is 0 Å². The molecular formula is C20H25NO4. The number of hydrogen-bond acceptors (Lipinski definition) is 4. The van der Waals surface area contributed by atoms with E-state index in [-0.39, 0.29) is 11.9 Å². The number of hydrogen-bond donors (Lipinski definition) is 1. The van der Waals surface area contributed by atoms with Gasteiger partial charge in [-0.1, -0.05) is 18.2 Å². The summed E-state index contributed by atoms with van der Waals surface area (Å²) >= 11 is 0. The van der Waals surface area contributed by atoms with Crippen LogP contribution in [0.5, 0.6) is 17.2 Å². The fraction of sp³-hybridized carbons (Fsp3) is 0.350. The van der Waals surface area contributed by atoms with Crippen LogP contribution < -0.4 is 19.5 Å². The van der Waals surface area contributed by atoms with E-state index in [9.17, 15) is 4.79 Å². The third kappa shape index (κ3) is 5.71. The SMILES string of the molecule is COc1ccc(OC[C@@H](C)NC(=O)[C@@H](C)Oc2ccccc2C)cc1. The topological polar surface area (TPSA) is 56.8 Å². The summed E-state index contributed by atoms with van der Waals surface area (Å²) in [6.07, 6.45) is -0.579. The lowest BCUT2D eigenvalue weighted by Crippen LogP contribution is -2.43. The fourth-order valence-electron chi connectivity index (χ4n) is 2.23. The molecule has 0 radical (unpaired) electrons. The van der Waals surface area contributed by atoms with Gasteiger partial charge in [-0.3, -0.25) is 4.79 Å². The van der Waals surface area contributed by atoms with E-state index in [0.29, 0.717) is 12.4 Å². The molecule has 2 aromatic carbocycles. The van der Waals surface area contributed by atoms with Gasteiger partial charge in [0.25, 0.3) is 5.91 Å². The van der Waals surface area contributed by atoms with Crippen LogP contribution in [0.1, 0.15) is 19.4 Å². The van der Waals surface area contributed by atoms with E-state index in [1.165, 1.54) is 0 Å². The number of benzene rings is 2. The highest BCUT2D eigenvalue weighted by Crippen LogP contribution is 2.18.